The summed E-state index contributed by atoms with van der Waals surface area (Å²) in [6.07, 6.45) is 0.889. The van der Waals surface area contributed by atoms with E-state index < -0.39 is 17.9 Å². The SMILES string of the molecule is O=C(O)[C@@H]1COCCN1C(=O)[C@@H]1CC(=O)N(CCc2ccccc2)C1. The maximum atomic E-state index is 12.7. The van der Waals surface area contributed by atoms with E-state index in [1.165, 1.54) is 4.90 Å². The van der Waals surface area contributed by atoms with Crippen LogP contribution in [0, 0.1) is 5.92 Å². The summed E-state index contributed by atoms with van der Waals surface area (Å²) in [5.74, 6) is -1.85. The van der Waals surface area contributed by atoms with Crippen LogP contribution in [0.4, 0.5) is 0 Å². The fourth-order valence-electron chi connectivity index (χ4n) is 3.37. The van der Waals surface area contributed by atoms with Crippen LogP contribution < -0.4 is 0 Å². The number of amides is 2. The molecule has 2 fully saturated rings. The van der Waals surface area contributed by atoms with Crippen molar-refractivity contribution in [1.82, 2.24) is 9.80 Å². The molecule has 0 spiro atoms. The Morgan fingerprint density at radius 3 is 2.72 bits per heavy atom. The summed E-state index contributed by atoms with van der Waals surface area (Å²) in [6, 6.07) is 8.91. The standard InChI is InChI=1S/C18H22N2O5/c21-16-10-14(11-19(16)7-6-13-4-2-1-3-5-13)17(22)20-8-9-25-12-15(20)18(23)24/h1-5,14-15H,6-12H2,(H,23,24)/t14-,15+/m1/s1. The van der Waals surface area contributed by atoms with Gasteiger partial charge in [-0.2, -0.15) is 0 Å². The molecule has 2 saturated heterocycles. The minimum Gasteiger partial charge on any atom is -0.480 e. The number of carboxylic acids is 1. The van der Waals surface area contributed by atoms with Crippen LogP contribution in [-0.4, -0.2) is 71.6 Å². The fourth-order valence-corrected chi connectivity index (χ4v) is 3.37. The van der Waals surface area contributed by atoms with E-state index in [0.29, 0.717) is 19.7 Å². The molecule has 1 aromatic carbocycles. The lowest BCUT2D eigenvalue weighted by atomic mass is 10.1. The van der Waals surface area contributed by atoms with E-state index in [2.05, 4.69) is 0 Å². The highest BCUT2D eigenvalue weighted by molar-refractivity contribution is 5.91. The highest BCUT2D eigenvalue weighted by Gasteiger charge is 2.40. The molecule has 2 aliphatic heterocycles. The highest BCUT2D eigenvalue weighted by atomic mass is 16.5. The molecule has 0 saturated carbocycles. The minimum absolute atomic E-state index is 0.000535. The van der Waals surface area contributed by atoms with Gasteiger partial charge in [-0.3, -0.25) is 9.59 Å². The van der Waals surface area contributed by atoms with Crippen molar-refractivity contribution in [1.29, 1.82) is 0 Å². The number of carboxylic acid groups (broad SMARTS) is 1. The molecule has 25 heavy (non-hydrogen) atoms. The third-order valence-corrected chi connectivity index (χ3v) is 4.77. The number of ether oxygens (including phenoxy) is 1. The van der Waals surface area contributed by atoms with E-state index in [-0.39, 0.29) is 31.4 Å². The molecule has 1 N–H and O–H groups in total. The van der Waals surface area contributed by atoms with Crippen molar-refractivity contribution in [3.8, 4) is 0 Å². The lowest BCUT2D eigenvalue weighted by molar-refractivity contribution is -0.160. The number of morpholine rings is 1. The van der Waals surface area contributed by atoms with Gasteiger partial charge in [0.25, 0.3) is 0 Å². The Hall–Kier alpha value is -2.41. The van der Waals surface area contributed by atoms with Gasteiger partial charge in [0, 0.05) is 26.1 Å². The van der Waals surface area contributed by atoms with Crippen molar-refractivity contribution in [2.24, 2.45) is 5.92 Å². The summed E-state index contributed by atoms with van der Waals surface area (Å²) in [5.41, 5.74) is 1.14. The Bertz CT molecular complexity index is 648. The van der Waals surface area contributed by atoms with E-state index >= 15 is 0 Å². The van der Waals surface area contributed by atoms with E-state index in [4.69, 9.17) is 4.74 Å². The molecule has 134 valence electrons. The third-order valence-electron chi connectivity index (χ3n) is 4.77. The molecule has 2 atom stereocenters. The molecule has 7 nitrogen and oxygen atoms in total. The molecule has 3 rings (SSSR count). The smallest absolute Gasteiger partial charge is 0.328 e. The first-order chi connectivity index (χ1) is 12.1. The first kappa shape index (κ1) is 17.4. The first-order valence-electron chi connectivity index (χ1n) is 8.49. The van der Waals surface area contributed by atoms with Gasteiger partial charge in [-0.25, -0.2) is 4.79 Å². The molecule has 7 heteroatoms. The maximum Gasteiger partial charge on any atom is 0.328 e. The Labute approximate surface area is 146 Å². The molecule has 0 unspecified atom stereocenters. The van der Waals surface area contributed by atoms with E-state index in [1.807, 2.05) is 30.3 Å². The summed E-state index contributed by atoms with van der Waals surface area (Å²) in [5, 5.41) is 9.26. The normalized spacial score (nSPS) is 23.8. The maximum absolute atomic E-state index is 12.7. The van der Waals surface area contributed by atoms with Gasteiger partial charge in [-0.05, 0) is 12.0 Å². The van der Waals surface area contributed by atoms with Gasteiger partial charge < -0.3 is 19.6 Å². The number of aliphatic carboxylic acids is 1. The van der Waals surface area contributed by atoms with Crippen LogP contribution in [0.5, 0.6) is 0 Å². The van der Waals surface area contributed by atoms with Gasteiger partial charge in [0.2, 0.25) is 11.8 Å². The molecular formula is C18H22N2O5. The fraction of sp³-hybridized carbons (Fsp3) is 0.500. The number of nitrogens with zero attached hydrogens (tertiary/aromatic N) is 2. The van der Waals surface area contributed by atoms with Crippen LogP contribution in [0.15, 0.2) is 30.3 Å². The van der Waals surface area contributed by atoms with Crippen molar-refractivity contribution >= 4 is 17.8 Å². The molecule has 2 heterocycles. The number of hydrogen-bond acceptors (Lipinski definition) is 4. The Morgan fingerprint density at radius 2 is 2.00 bits per heavy atom. The molecular weight excluding hydrogens is 324 g/mol. The zero-order chi connectivity index (χ0) is 17.8. The largest absolute Gasteiger partial charge is 0.480 e. The quantitative estimate of drug-likeness (QED) is 0.833. The second-order valence-corrected chi connectivity index (χ2v) is 6.44. The molecule has 2 aliphatic rings. The number of likely N-dealkylation sites (tertiary alicyclic amines) is 1. The summed E-state index contributed by atoms with van der Waals surface area (Å²) < 4.78 is 5.16. The Balaban J connectivity index is 1.59. The van der Waals surface area contributed by atoms with Crippen LogP contribution in [0.1, 0.15) is 12.0 Å². The predicted octanol–water partition coefficient (Wildman–Crippen LogP) is 0.390. The molecule has 0 radical (unpaired) electrons. The van der Waals surface area contributed by atoms with Gasteiger partial charge in [-0.15, -0.1) is 0 Å². The van der Waals surface area contributed by atoms with Crippen molar-refractivity contribution in [3.63, 3.8) is 0 Å². The number of rotatable bonds is 5. The predicted molar refractivity (Wildman–Crippen MR) is 88.8 cm³/mol. The Kier molecular flexibility index (Phi) is 5.33. The van der Waals surface area contributed by atoms with E-state index in [1.54, 1.807) is 4.90 Å². The van der Waals surface area contributed by atoms with Crippen LogP contribution in [-0.2, 0) is 25.5 Å². The average molecular weight is 346 g/mol. The zero-order valence-corrected chi connectivity index (χ0v) is 14.0. The lowest BCUT2D eigenvalue weighted by Gasteiger charge is -2.34. The lowest BCUT2D eigenvalue weighted by Crippen LogP contribution is -2.54. The van der Waals surface area contributed by atoms with Gasteiger partial charge in [-0.1, -0.05) is 30.3 Å². The van der Waals surface area contributed by atoms with Gasteiger partial charge >= 0.3 is 5.97 Å². The summed E-state index contributed by atoms with van der Waals surface area (Å²) in [4.78, 5) is 39.3. The average Bonchev–Trinajstić information content (AvgIpc) is 3.01. The molecule has 0 aromatic heterocycles. The minimum atomic E-state index is -1.07. The van der Waals surface area contributed by atoms with E-state index in [0.717, 1.165) is 12.0 Å². The summed E-state index contributed by atoms with van der Waals surface area (Å²) >= 11 is 0. The number of benzene rings is 1. The van der Waals surface area contributed by atoms with Crippen LogP contribution in [0.2, 0.25) is 0 Å². The second-order valence-electron chi connectivity index (χ2n) is 6.44. The number of carbonyl (C=O) groups is 3. The number of hydrogen-bond donors (Lipinski definition) is 1. The number of carbonyl (C=O) groups excluding carboxylic acids is 2. The summed E-state index contributed by atoms with van der Waals surface area (Å²) in [6.45, 7) is 1.50. The molecule has 0 bridgehead atoms. The molecule has 0 aliphatic carbocycles. The van der Waals surface area contributed by atoms with Crippen LogP contribution in [0.3, 0.4) is 0 Å². The highest BCUT2D eigenvalue weighted by Crippen LogP contribution is 2.22. The molecule has 2 amide bonds. The van der Waals surface area contributed by atoms with E-state index in [9.17, 15) is 19.5 Å². The second kappa shape index (κ2) is 7.65. The monoisotopic (exact) mass is 346 g/mol. The van der Waals surface area contributed by atoms with Gasteiger partial charge in [0.1, 0.15) is 0 Å². The van der Waals surface area contributed by atoms with Crippen molar-refractivity contribution < 1.29 is 24.2 Å². The summed E-state index contributed by atoms with van der Waals surface area (Å²) in [7, 11) is 0. The van der Waals surface area contributed by atoms with Gasteiger partial charge in [0.15, 0.2) is 6.04 Å². The topological polar surface area (TPSA) is 87.1 Å². The Morgan fingerprint density at radius 1 is 1.24 bits per heavy atom. The van der Waals surface area contributed by atoms with Crippen molar-refractivity contribution in [2.45, 2.75) is 18.9 Å². The zero-order valence-electron chi connectivity index (χ0n) is 14.0. The van der Waals surface area contributed by atoms with Gasteiger partial charge in [0.05, 0.1) is 19.1 Å². The first-order valence-corrected chi connectivity index (χ1v) is 8.49. The van der Waals surface area contributed by atoms with Crippen molar-refractivity contribution in [3.05, 3.63) is 35.9 Å². The third kappa shape index (κ3) is 3.99. The van der Waals surface area contributed by atoms with Crippen LogP contribution >= 0.6 is 0 Å². The van der Waals surface area contributed by atoms with Crippen LogP contribution in [0.25, 0.3) is 0 Å². The molecule has 1 aromatic rings. The van der Waals surface area contributed by atoms with Crippen molar-refractivity contribution in [2.75, 3.05) is 32.8 Å².